The van der Waals surface area contributed by atoms with E-state index in [2.05, 4.69) is 25.5 Å². The lowest BCUT2D eigenvalue weighted by Gasteiger charge is -2.29. The van der Waals surface area contributed by atoms with E-state index < -0.39 is 17.2 Å². The molecule has 0 bridgehead atoms. The number of nitrogens with zero attached hydrogens (tertiary/aromatic N) is 5. The number of alkyl carbamates (subject to hydrolysis) is 1. The lowest BCUT2D eigenvalue weighted by molar-refractivity contribution is -0.00123. The van der Waals surface area contributed by atoms with Gasteiger partial charge in [-0.05, 0) is 65.2 Å². The van der Waals surface area contributed by atoms with E-state index in [1.165, 1.54) is 6.07 Å². The molecule has 4 heterocycles. The van der Waals surface area contributed by atoms with Gasteiger partial charge in [-0.3, -0.25) is 4.79 Å². The summed E-state index contributed by atoms with van der Waals surface area (Å²) in [4.78, 5) is 37.3. The molecule has 0 aliphatic carbocycles. The predicted molar refractivity (Wildman–Crippen MR) is 159 cm³/mol. The molecular weight excluding hydrogens is 576 g/mol. The Kier molecular flexibility index (Phi) is 8.34. The minimum Gasteiger partial charge on any atom is -0.433 e. The molecule has 0 spiro atoms. The van der Waals surface area contributed by atoms with Crippen molar-refractivity contribution in [3.63, 3.8) is 0 Å². The van der Waals surface area contributed by atoms with Gasteiger partial charge in [0.15, 0.2) is 5.60 Å². The van der Waals surface area contributed by atoms with Crippen LogP contribution >= 0.6 is 22.9 Å². The third-order valence-corrected chi connectivity index (χ3v) is 8.01. The minimum absolute atomic E-state index is 0.0502. The molecule has 1 N–H and O–H groups in total. The highest BCUT2D eigenvalue weighted by atomic mass is 35.5. The number of benzene rings is 1. The molecule has 0 saturated carbocycles. The monoisotopic (exact) mass is 608 g/mol. The first-order valence-electron chi connectivity index (χ1n) is 13.7. The summed E-state index contributed by atoms with van der Waals surface area (Å²) >= 11 is 7.94. The Bertz CT molecular complexity index is 1580. The summed E-state index contributed by atoms with van der Waals surface area (Å²) in [6.45, 7) is 9.86. The maximum absolute atomic E-state index is 13.7. The van der Waals surface area contributed by atoms with Crippen LogP contribution in [-0.2, 0) is 16.8 Å². The van der Waals surface area contributed by atoms with E-state index in [-0.39, 0.29) is 41.0 Å². The highest BCUT2D eigenvalue weighted by molar-refractivity contribution is 7.09. The first-order valence-corrected chi connectivity index (χ1v) is 15.0. The Labute approximate surface area is 253 Å². The van der Waals surface area contributed by atoms with Gasteiger partial charge in [-0.1, -0.05) is 41.9 Å². The number of rotatable bonds is 7. The van der Waals surface area contributed by atoms with Gasteiger partial charge >= 0.3 is 6.09 Å². The summed E-state index contributed by atoms with van der Waals surface area (Å²) in [5.41, 5.74) is 0.644. The van der Waals surface area contributed by atoms with Crippen molar-refractivity contribution in [3.8, 4) is 11.6 Å². The van der Waals surface area contributed by atoms with Crippen molar-refractivity contribution in [2.75, 3.05) is 6.54 Å². The zero-order chi connectivity index (χ0) is 30.1. The van der Waals surface area contributed by atoms with Crippen LogP contribution in [0.5, 0.6) is 0 Å². The van der Waals surface area contributed by atoms with Crippen LogP contribution in [0.1, 0.15) is 79.1 Å². The Balaban J connectivity index is 1.44. The number of ether oxygens (including phenoxy) is 1. The number of nitrogens with one attached hydrogen (secondary N) is 1. The standard InChI is InChI=1S/C30H33ClN6O4S/c1-18-17-42-25(32-18)22-12-9-13-37(22)26(38)20-14-21(33-23(31)15-20)24-35-36-27(40-24)30(5,16-19-10-7-6-8-11-19)41-28(39)34-29(2,3)4/h6-8,10-11,14-15,17,22H,9,12-13,16H2,1-5H3,(H,34,39)/t22-,30-/m1/s1. The van der Waals surface area contributed by atoms with E-state index in [0.717, 1.165) is 29.1 Å². The molecule has 12 heteroatoms. The second kappa shape index (κ2) is 11.8. The molecule has 1 fully saturated rings. The molecule has 10 nitrogen and oxygen atoms in total. The number of carbonyl (C=O) groups is 2. The van der Waals surface area contributed by atoms with Crippen molar-refractivity contribution >= 4 is 34.9 Å². The molecule has 2 amide bonds. The number of carbonyl (C=O) groups excluding carboxylic acids is 2. The molecule has 1 aromatic carbocycles. The van der Waals surface area contributed by atoms with Gasteiger partial charge in [0.05, 0.1) is 6.04 Å². The molecule has 0 unspecified atom stereocenters. The first kappa shape index (κ1) is 29.7. The normalized spacial score (nSPS) is 16.7. The largest absolute Gasteiger partial charge is 0.433 e. The Morgan fingerprint density at radius 3 is 2.60 bits per heavy atom. The predicted octanol–water partition coefficient (Wildman–Crippen LogP) is 6.51. The average Bonchev–Trinajstić information content (AvgIpc) is 3.68. The number of thiazole rings is 1. The van der Waals surface area contributed by atoms with Crippen LogP contribution in [0.15, 0.2) is 52.3 Å². The zero-order valence-corrected chi connectivity index (χ0v) is 25.8. The Morgan fingerprint density at radius 2 is 1.90 bits per heavy atom. The molecule has 0 radical (unpaired) electrons. The van der Waals surface area contributed by atoms with Crippen LogP contribution in [0, 0.1) is 6.92 Å². The van der Waals surface area contributed by atoms with Gasteiger partial charge < -0.3 is 19.4 Å². The van der Waals surface area contributed by atoms with E-state index in [1.54, 1.807) is 24.3 Å². The van der Waals surface area contributed by atoms with Crippen molar-refractivity contribution in [2.24, 2.45) is 0 Å². The van der Waals surface area contributed by atoms with Crippen LogP contribution in [0.3, 0.4) is 0 Å². The summed E-state index contributed by atoms with van der Waals surface area (Å²) in [6.07, 6.45) is 1.40. The van der Waals surface area contributed by atoms with Gasteiger partial charge in [0.25, 0.3) is 17.7 Å². The van der Waals surface area contributed by atoms with E-state index in [1.807, 2.05) is 68.3 Å². The zero-order valence-electron chi connectivity index (χ0n) is 24.2. The molecule has 4 aromatic rings. The van der Waals surface area contributed by atoms with Gasteiger partial charge in [0, 0.05) is 35.1 Å². The topological polar surface area (TPSA) is 123 Å². The molecule has 1 saturated heterocycles. The molecule has 1 aliphatic rings. The van der Waals surface area contributed by atoms with Gasteiger partial charge in [-0.15, -0.1) is 21.5 Å². The molecular formula is C30H33ClN6O4S. The quantitative estimate of drug-likeness (QED) is 0.236. The SMILES string of the molecule is Cc1csc([C@H]2CCCN2C(=O)c2cc(Cl)nc(-c3nnc([C@@](C)(Cc4ccccc4)OC(=O)NC(C)(C)C)o3)c2)n1. The third kappa shape index (κ3) is 6.79. The summed E-state index contributed by atoms with van der Waals surface area (Å²) in [5, 5.41) is 14.3. The highest BCUT2D eigenvalue weighted by Gasteiger charge is 2.39. The van der Waals surface area contributed by atoms with Gasteiger partial charge in [0.1, 0.15) is 15.9 Å². The fourth-order valence-corrected chi connectivity index (χ4v) is 6.06. The molecule has 3 aromatic heterocycles. The number of aromatic nitrogens is 4. The molecule has 42 heavy (non-hydrogen) atoms. The number of likely N-dealkylation sites (tertiary alicyclic amines) is 1. The number of halogens is 1. The molecule has 2 atom stereocenters. The van der Waals surface area contributed by atoms with Crippen molar-refractivity contribution in [2.45, 2.75) is 71.1 Å². The average molecular weight is 609 g/mol. The maximum atomic E-state index is 13.7. The first-order chi connectivity index (χ1) is 19.9. The number of pyridine rings is 1. The summed E-state index contributed by atoms with van der Waals surface area (Å²) in [7, 11) is 0. The van der Waals surface area contributed by atoms with Crippen molar-refractivity contribution in [3.05, 3.63) is 80.7 Å². The summed E-state index contributed by atoms with van der Waals surface area (Å²) in [5.74, 6) is -0.0419. The van der Waals surface area contributed by atoms with Crippen molar-refractivity contribution < 1.29 is 18.7 Å². The van der Waals surface area contributed by atoms with Crippen LogP contribution in [0.2, 0.25) is 5.15 Å². The highest BCUT2D eigenvalue weighted by Crippen LogP contribution is 2.36. The number of aryl methyl sites for hydroxylation is 1. The molecule has 1 aliphatic heterocycles. The second-order valence-electron chi connectivity index (χ2n) is 11.6. The van der Waals surface area contributed by atoms with E-state index in [0.29, 0.717) is 12.1 Å². The van der Waals surface area contributed by atoms with Crippen molar-refractivity contribution in [1.82, 2.24) is 30.4 Å². The lowest BCUT2D eigenvalue weighted by atomic mass is 9.96. The van der Waals surface area contributed by atoms with E-state index >= 15 is 0 Å². The fraction of sp³-hybridized carbons (Fsp3) is 0.400. The van der Waals surface area contributed by atoms with Crippen LogP contribution < -0.4 is 5.32 Å². The van der Waals surface area contributed by atoms with Crippen LogP contribution in [0.4, 0.5) is 4.79 Å². The smallest absolute Gasteiger partial charge is 0.408 e. The van der Waals surface area contributed by atoms with E-state index in [4.69, 9.17) is 20.8 Å². The van der Waals surface area contributed by atoms with Gasteiger partial charge in [-0.2, -0.15) is 0 Å². The maximum Gasteiger partial charge on any atom is 0.408 e. The Morgan fingerprint density at radius 1 is 1.14 bits per heavy atom. The van der Waals surface area contributed by atoms with E-state index in [9.17, 15) is 9.59 Å². The van der Waals surface area contributed by atoms with Crippen LogP contribution in [-0.4, -0.2) is 49.1 Å². The van der Waals surface area contributed by atoms with Crippen molar-refractivity contribution in [1.29, 1.82) is 0 Å². The molecule has 220 valence electrons. The summed E-state index contributed by atoms with van der Waals surface area (Å²) < 4.78 is 12.0. The number of hydrogen-bond donors (Lipinski definition) is 1. The molecule has 5 rings (SSSR count). The minimum atomic E-state index is -1.30. The number of hydrogen-bond acceptors (Lipinski definition) is 9. The summed E-state index contributed by atoms with van der Waals surface area (Å²) in [6, 6.07) is 12.6. The van der Waals surface area contributed by atoms with Gasteiger partial charge in [-0.25, -0.2) is 14.8 Å². The third-order valence-electron chi connectivity index (χ3n) is 6.75. The van der Waals surface area contributed by atoms with Crippen LogP contribution in [0.25, 0.3) is 11.6 Å². The second-order valence-corrected chi connectivity index (χ2v) is 12.9. The lowest BCUT2D eigenvalue weighted by Crippen LogP contribution is -2.45. The fourth-order valence-electron chi connectivity index (χ4n) is 4.90. The van der Waals surface area contributed by atoms with Gasteiger partial charge in [0.2, 0.25) is 0 Å². The number of amides is 2. The Hall–Kier alpha value is -3.83.